The van der Waals surface area contributed by atoms with Crippen LogP contribution in [0.3, 0.4) is 0 Å². The molecule has 0 saturated heterocycles. The monoisotopic (exact) mass is 321 g/mol. The Kier molecular flexibility index (Phi) is 4.20. The molecule has 0 bridgehead atoms. The normalized spacial score (nSPS) is 13.5. The van der Waals surface area contributed by atoms with E-state index < -0.39 is 0 Å². The predicted molar refractivity (Wildman–Crippen MR) is 82.9 cm³/mol. The van der Waals surface area contributed by atoms with Crippen molar-refractivity contribution in [3.63, 3.8) is 0 Å². The summed E-state index contributed by atoms with van der Waals surface area (Å²) in [5, 5.41) is 7.26. The number of carbonyl (C=O) groups excluding carboxylic acids is 1. The number of nitrogens with zero attached hydrogens (tertiary/aromatic N) is 2. The number of halogens is 1. The van der Waals surface area contributed by atoms with Crippen molar-refractivity contribution in [3.05, 3.63) is 35.1 Å². The third-order valence-electron chi connectivity index (χ3n) is 3.30. The Morgan fingerprint density at radius 2 is 2.09 bits per heavy atom. The molecule has 0 aliphatic carbocycles. The van der Waals surface area contributed by atoms with Crippen LogP contribution < -0.4 is 14.8 Å². The van der Waals surface area contributed by atoms with Crippen LogP contribution in [-0.2, 0) is 6.54 Å². The van der Waals surface area contributed by atoms with Gasteiger partial charge in [0.25, 0.3) is 5.91 Å². The molecule has 0 fully saturated rings. The van der Waals surface area contributed by atoms with Crippen molar-refractivity contribution < 1.29 is 14.3 Å². The fourth-order valence-electron chi connectivity index (χ4n) is 2.13. The molecule has 2 aromatic rings. The Balaban J connectivity index is 1.82. The van der Waals surface area contributed by atoms with Crippen molar-refractivity contribution in [2.45, 2.75) is 19.9 Å². The molecule has 1 aromatic carbocycles. The van der Waals surface area contributed by atoms with Gasteiger partial charge in [0.05, 0.1) is 35.7 Å². The molecule has 7 heteroatoms. The molecular weight excluding hydrogens is 306 g/mol. The molecule has 0 atom stereocenters. The number of hydrogen-bond donors (Lipinski definition) is 1. The molecule has 3 rings (SSSR count). The van der Waals surface area contributed by atoms with E-state index in [4.69, 9.17) is 21.1 Å². The first-order valence-corrected chi connectivity index (χ1v) is 7.48. The number of ether oxygens (including phenoxy) is 2. The summed E-state index contributed by atoms with van der Waals surface area (Å²) in [5.41, 5.74) is 0.963. The summed E-state index contributed by atoms with van der Waals surface area (Å²) in [5.74, 6) is 0.914. The highest BCUT2D eigenvalue weighted by molar-refractivity contribution is 6.34. The van der Waals surface area contributed by atoms with Crippen molar-refractivity contribution in [1.82, 2.24) is 9.78 Å². The minimum atomic E-state index is -0.268. The zero-order valence-electron chi connectivity index (χ0n) is 12.1. The first-order valence-electron chi connectivity index (χ1n) is 7.10. The predicted octanol–water partition coefficient (Wildman–Crippen LogP) is 2.97. The molecule has 22 heavy (non-hydrogen) atoms. The van der Waals surface area contributed by atoms with Gasteiger partial charge >= 0.3 is 0 Å². The second-order valence-electron chi connectivity index (χ2n) is 4.87. The van der Waals surface area contributed by atoms with Gasteiger partial charge in [0, 0.05) is 31.3 Å². The largest absolute Gasteiger partial charge is 0.490 e. The van der Waals surface area contributed by atoms with E-state index in [1.54, 1.807) is 23.0 Å². The maximum absolute atomic E-state index is 12.2. The lowest BCUT2D eigenvalue weighted by molar-refractivity contribution is 0.102. The second kappa shape index (κ2) is 6.27. The van der Waals surface area contributed by atoms with E-state index in [1.807, 2.05) is 6.92 Å². The Morgan fingerprint density at radius 1 is 1.36 bits per heavy atom. The van der Waals surface area contributed by atoms with Crippen molar-refractivity contribution in [2.24, 2.45) is 0 Å². The third kappa shape index (κ3) is 3.01. The van der Waals surface area contributed by atoms with Gasteiger partial charge in [-0.3, -0.25) is 9.48 Å². The number of aryl methyl sites for hydroxylation is 1. The number of hydrogen-bond acceptors (Lipinski definition) is 4. The van der Waals surface area contributed by atoms with E-state index in [9.17, 15) is 4.79 Å². The first-order chi connectivity index (χ1) is 10.7. The SMILES string of the molecule is CCn1cc(C(=O)Nc2cc3c(cc2Cl)OCCCO3)cn1. The van der Waals surface area contributed by atoms with Gasteiger partial charge in [-0.2, -0.15) is 5.10 Å². The zero-order chi connectivity index (χ0) is 15.5. The number of rotatable bonds is 3. The van der Waals surface area contributed by atoms with E-state index in [0.717, 1.165) is 6.42 Å². The van der Waals surface area contributed by atoms with Crippen LogP contribution in [-0.4, -0.2) is 28.9 Å². The van der Waals surface area contributed by atoms with Crippen molar-refractivity contribution in [1.29, 1.82) is 0 Å². The summed E-state index contributed by atoms with van der Waals surface area (Å²) in [6.45, 7) is 3.82. The summed E-state index contributed by atoms with van der Waals surface area (Å²) in [7, 11) is 0. The lowest BCUT2D eigenvalue weighted by atomic mass is 10.2. The second-order valence-corrected chi connectivity index (χ2v) is 5.28. The number of fused-ring (bicyclic) bond motifs is 1. The lowest BCUT2D eigenvalue weighted by Crippen LogP contribution is -2.11. The van der Waals surface area contributed by atoms with E-state index in [0.29, 0.717) is 47.5 Å². The zero-order valence-corrected chi connectivity index (χ0v) is 12.9. The molecule has 0 radical (unpaired) electrons. The molecule has 0 saturated carbocycles. The van der Waals surface area contributed by atoms with Gasteiger partial charge in [-0.1, -0.05) is 11.6 Å². The Hall–Kier alpha value is -2.21. The molecule has 116 valence electrons. The van der Waals surface area contributed by atoms with Gasteiger partial charge in [0.1, 0.15) is 0 Å². The summed E-state index contributed by atoms with van der Waals surface area (Å²) in [6, 6.07) is 3.35. The van der Waals surface area contributed by atoms with Gasteiger partial charge in [-0.15, -0.1) is 0 Å². The number of benzene rings is 1. The maximum Gasteiger partial charge on any atom is 0.258 e. The summed E-state index contributed by atoms with van der Waals surface area (Å²) >= 11 is 6.21. The van der Waals surface area contributed by atoms with Crippen molar-refractivity contribution >= 4 is 23.2 Å². The van der Waals surface area contributed by atoms with E-state index >= 15 is 0 Å². The molecular formula is C15H16ClN3O3. The molecule has 2 heterocycles. The van der Waals surface area contributed by atoms with Crippen LogP contribution in [0.2, 0.25) is 5.02 Å². The molecule has 1 aromatic heterocycles. The lowest BCUT2D eigenvalue weighted by Gasteiger charge is -2.12. The maximum atomic E-state index is 12.2. The van der Waals surface area contributed by atoms with Crippen molar-refractivity contribution in [2.75, 3.05) is 18.5 Å². The third-order valence-corrected chi connectivity index (χ3v) is 3.62. The van der Waals surface area contributed by atoms with Gasteiger partial charge < -0.3 is 14.8 Å². The van der Waals surface area contributed by atoms with Crippen LogP contribution in [0.4, 0.5) is 5.69 Å². The van der Waals surface area contributed by atoms with Gasteiger partial charge in [0.15, 0.2) is 11.5 Å². The Labute approximate surface area is 133 Å². The van der Waals surface area contributed by atoms with E-state index in [2.05, 4.69) is 10.4 Å². The smallest absolute Gasteiger partial charge is 0.258 e. The highest BCUT2D eigenvalue weighted by atomic mass is 35.5. The number of carbonyl (C=O) groups is 1. The van der Waals surface area contributed by atoms with Crippen LogP contribution in [0.25, 0.3) is 0 Å². The van der Waals surface area contributed by atoms with Crippen LogP contribution >= 0.6 is 11.6 Å². The highest BCUT2D eigenvalue weighted by Crippen LogP contribution is 2.37. The molecule has 1 aliphatic heterocycles. The highest BCUT2D eigenvalue weighted by Gasteiger charge is 2.16. The first kappa shape index (κ1) is 14.7. The Bertz CT molecular complexity index is 699. The van der Waals surface area contributed by atoms with Gasteiger partial charge in [-0.25, -0.2) is 0 Å². The Morgan fingerprint density at radius 3 is 2.77 bits per heavy atom. The summed E-state index contributed by atoms with van der Waals surface area (Å²) < 4.78 is 12.8. The number of aromatic nitrogens is 2. The molecule has 0 spiro atoms. The molecule has 0 unspecified atom stereocenters. The van der Waals surface area contributed by atoms with Crippen LogP contribution in [0.15, 0.2) is 24.5 Å². The summed E-state index contributed by atoms with van der Waals surface area (Å²) in [6.07, 6.45) is 4.02. The van der Waals surface area contributed by atoms with E-state index in [1.165, 1.54) is 6.20 Å². The fourth-order valence-corrected chi connectivity index (χ4v) is 2.33. The van der Waals surface area contributed by atoms with Crippen LogP contribution in [0.5, 0.6) is 11.5 Å². The number of amides is 1. The minimum absolute atomic E-state index is 0.268. The minimum Gasteiger partial charge on any atom is -0.490 e. The topological polar surface area (TPSA) is 65.4 Å². The van der Waals surface area contributed by atoms with Gasteiger partial charge in [0.2, 0.25) is 0 Å². The standard InChI is InChI=1S/C15H16ClN3O3/c1-2-19-9-10(8-17-19)15(20)18-12-7-14-13(6-11(12)16)21-4-3-5-22-14/h6-9H,2-5H2,1H3,(H,18,20). The molecule has 1 amide bonds. The number of nitrogens with one attached hydrogen (secondary N) is 1. The fraction of sp³-hybridized carbons (Fsp3) is 0.333. The molecule has 6 nitrogen and oxygen atoms in total. The molecule has 1 N–H and O–H groups in total. The average molecular weight is 322 g/mol. The number of anilines is 1. The summed E-state index contributed by atoms with van der Waals surface area (Å²) in [4.78, 5) is 12.2. The molecule has 1 aliphatic rings. The quantitative estimate of drug-likeness (QED) is 0.944. The average Bonchev–Trinajstić information content (AvgIpc) is 2.89. The van der Waals surface area contributed by atoms with Gasteiger partial charge in [-0.05, 0) is 6.92 Å². The van der Waals surface area contributed by atoms with Crippen LogP contribution in [0.1, 0.15) is 23.7 Å². The van der Waals surface area contributed by atoms with Crippen LogP contribution in [0, 0.1) is 0 Å². The van der Waals surface area contributed by atoms with E-state index in [-0.39, 0.29) is 5.91 Å². The van der Waals surface area contributed by atoms with Crippen molar-refractivity contribution in [3.8, 4) is 11.5 Å².